The van der Waals surface area contributed by atoms with Gasteiger partial charge in [-0.25, -0.2) is 0 Å². The molecular formula is C16H14BrNO2. The Morgan fingerprint density at radius 3 is 2.70 bits per heavy atom. The van der Waals surface area contributed by atoms with Crippen LogP contribution in [0.15, 0.2) is 46.9 Å². The highest BCUT2D eigenvalue weighted by Gasteiger charge is 2.17. The SMILES string of the molecule is O=C1CCc2cc(C(O)c3cccc(Br)c3)ccc2N1. The van der Waals surface area contributed by atoms with E-state index >= 15 is 0 Å². The van der Waals surface area contributed by atoms with E-state index in [0.717, 1.165) is 33.3 Å². The zero-order chi connectivity index (χ0) is 14.1. The number of aliphatic hydroxyl groups excluding tert-OH is 1. The first-order chi connectivity index (χ1) is 9.63. The Kier molecular flexibility index (Phi) is 3.59. The first-order valence-electron chi connectivity index (χ1n) is 6.50. The molecule has 0 saturated carbocycles. The van der Waals surface area contributed by atoms with E-state index in [1.165, 1.54) is 0 Å². The van der Waals surface area contributed by atoms with Gasteiger partial charge >= 0.3 is 0 Å². The van der Waals surface area contributed by atoms with Crippen LogP contribution in [0.1, 0.15) is 29.2 Å². The summed E-state index contributed by atoms with van der Waals surface area (Å²) in [6, 6.07) is 13.3. The topological polar surface area (TPSA) is 49.3 Å². The van der Waals surface area contributed by atoms with Gasteiger partial charge in [0.05, 0.1) is 0 Å². The van der Waals surface area contributed by atoms with Crippen molar-refractivity contribution in [2.75, 3.05) is 5.32 Å². The second kappa shape index (κ2) is 5.38. The molecule has 1 atom stereocenters. The highest BCUT2D eigenvalue weighted by Crippen LogP contribution is 2.29. The smallest absolute Gasteiger partial charge is 0.224 e. The summed E-state index contributed by atoms with van der Waals surface area (Å²) in [5.74, 6) is 0.0535. The van der Waals surface area contributed by atoms with Gasteiger partial charge in [0.25, 0.3) is 0 Å². The number of nitrogens with one attached hydrogen (secondary N) is 1. The number of carbonyl (C=O) groups is 1. The molecule has 1 aliphatic heterocycles. The van der Waals surface area contributed by atoms with Crippen LogP contribution in [0.25, 0.3) is 0 Å². The molecule has 3 rings (SSSR count). The van der Waals surface area contributed by atoms with Crippen molar-refractivity contribution in [3.63, 3.8) is 0 Å². The van der Waals surface area contributed by atoms with Gasteiger partial charge in [0, 0.05) is 16.6 Å². The fourth-order valence-electron chi connectivity index (χ4n) is 2.44. The van der Waals surface area contributed by atoms with E-state index in [0.29, 0.717) is 6.42 Å². The van der Waals surface area contributed by atoms with Crippen LogP contribution >= 0.6 is 15.9 Å². The maximum atomic E-state index is 11.3. The molecule has 4 heteroatoms. The number of benzene rings is 2. The third kappa shape index (κ3) is 2.62. The number of carbonyl (C=O) groups excluding carboxylic acids is 1. The standard InChI is InChI=1S/C16H14BrNO2/c17-13-3-1-2-11(9-13)16(20)12-4-6-14-10(8-12)5-7-15(19)18-14/h1-4,6,8-9,16,20H,5,7H2,(H,18,19). The summed E-state index contributed by atoms with van der Waals surface area (Å²) in [5, 5.41) is 13.3. The predicted octanol–water partition coefficient (Wildman–Crippen LogP) is 3.42. The van der Waals surface area contributed by atoms with Gasteiger partial charge in [0.2, 0.25) is 5.91 Å². The highest BCUT2D eigenvalue weighted by atomic mass is 79.9. The lowest BCUT2D eigenvalue weighted by atomic mass is 9.95. The molecule has 2 aromatic carbocycles. The van der Waals surface area contributed by atoms with Gasteiger partial charge in [0.15, 0.2) is 0 Å². The van der Waals surface area contributed by atoms with Crippen LogP contribution < -0.4 is 5.32 Å². The van der Waals surface area contributed by atoms with E-state index < -0.39 is 6.10 Å². The maximum Gasteiger partial charge on any atom is 0.224 e. The second-order valence-electron chi connectivity index (χ2n) is 4.92. The van der Waals surface area contributed by atoms with Gasteiger partial charge in [-0.1, -0.05) is 40.2 Å². The Labute approximate surface area is 125 Å². The maximum absolute atomic E-state index is 11.3. The molecular weight excluding hydrogens is 318 g/mol. The Balaban J connectivity index is 1.93. The largest absolute Gasteiger partial charge is 0.384 e. The Morgan fingerprint density at radius 2 is 1.90 bits per heavy atom. The molecule has 1 unspecified atom stereocenters. The van der Waals surface area contributed by atoms with Crippen molar-refractivity contribution in [2.45, 2.75) is 18.9 Å². The van der Waals surface area contributed by atoms with Crippen molar-refractivity contribution in [2.24, 2.45) is 0 Å². The minimum Gasteiger partial charge on any atom is -0.384 e. The van der Waals surface area contributed by atoms with Crippen LogP contribution in [-0.2, 0) is 11.2 Å². The van der Waals surface area contributed by atoms with Crippen molar-refractivity contribution < 1.29 is 9.90 Å². The number of hydrogen-bond acceptors (Lipinski definition) is 2. The summed E-state index contributed by atoms with van der Waals surface area (Å²) < 4.78 is 0.944. The van der Waals surface area contributed by atoms with E-state index in [9.17, 15) is 9.90 Å². The molecule has 3 nitrogen and oxygen atoms in total. The summed E-state index contributed by atoms with van der Waals surface area (Å²) in [6.45, 7) is 0. The van der Waals surface area contributed by atoms with E-state index in [2.05, 4.69) is 21.2 Å². The molecule has 20 heavy (non-hydrogen) atoms. The van der Waals surface area contributed by atoms with Gasteiger partial charge in [0.1, 0.15) is 6.10 Å². The molecule has 0 radical (unpaired) electrons. The molecule has 0 saturated heterocycles. The molecule has 1 aliphatic rings. The molecule has 1 heterocycles. The number of fused-ring (bicyclic) bond motifs is 1. The molecule has 1 amide bonds. The fraction of sp³-hybridized carbons (Fsp3) is 0.188. The molecule has 2 N–H and O–H groups in total. The first-order valence-corrected chi connectivity index (χ1v) is 7.29. The first kappa shape index (κ1) is 13.3. The predicted molar refractivity (Wildman–Crippen MR) is 81.6 cm³/mol. The molecule has 0 aliphatic carbocycles. The second-order valence-corrected chi connectivity index (χ2v) is 5.84. The van der Waals surface area contributed by atoms with E-state index in [-0.39, 0.29) is 5.91 Å². The quantitative estimate of drug-likeness (QED) is 0.885. The minimum absolute atomic E-state index is 0.0535. The zero-order valence-electron chi connectivity index (χ0n) is 10.8. The molecule has 102 valence electrons. The van der Waals surface area contributed by atoms with Gasteiger partial charge in [-0.15, -0.1) is 0 Å². The van der Waals surface area contributed by atoms with Crippen LogP contribution in [0.2, 0.25) is 0 Å². The van der Waals surface area contributed by atoms with E-state index in [1.807, 2.05) is 42.5 Å². The Bertz CT molecular complexity index is 669. The highest BCUT2D eigenvalue weighted by molar-refractivity contribution is 9.10. The van der Waals surface area contributed by atoms with Crippen molar-refractivity contribution >= 4 is 27.5 Å². The third-order valence-electron chi connectivity index (χ3n) is 3.50. The van der Waals surface area contributed by atoms with Crippen LogP contribution in [-0.4, -0.2) is 11.0 Å². The molecule has 0 bridgehead atoms. The lowest BCUT2D eigenvalue weighted by molar-refractivity contribution is -0.116. The monoisotopic (exact) mass is 331 g/mol. The summed E-state index contributed by atoms with van der Waals surface area (Å²) in [7, 11) is 0. The van der Waals surface area contributed by atoms with Crippen molar-refractivity contribution in [3.8, 4) is 0 Å². The summed E-state index contributed by atoms with van der Waals surface area (Å²) in [5.41, 5.74) is 3.62. The Morgan fingerprint density at radius 1 is 1.10 bits per heavy atom. The van der Waals surface area contributed by atoms with Gasteiger partial charge in [-0.3, -0.25) is 4.79 Å². The van der Waals surface area contributed by atoms with E-state index in [1.54, 1.807) is 0 Å². The normalized spacial score (nSPS) is 15.4. The fourth-order valence-corrected chi connectivity index (χ4v) is 2.86. The summed E-state index contributed by atoms with van der Waals surface area (Å²) in [4.78, 5) is 11.3. The number of rotatable bonds is 2. The number of halogens is 1. The van der Waals surface area contributed by atoms with Crippen LogP contribution in [0.4, 0.5) is 5.69 Å². The number of anilines is 1. The Hall–Kier alpha value is -1.65. The summed E-state index contributed by atoms with van der Waals surface area (Å²) in [6.07, 6.45) is 0.569. The third-order valence-corrected chi connectivity index (χ3v) is 4.00. The average molecular weight is 332 g/mol. The van der Waals surface area contributed by atoms with Crippen LogP contribution in [0.3, 0.4) is 0 Å². The van der Waals surface area contributed by atoms with Gasteiger partial charge in [-0.05, 0) is 41.3 Å². The number of amides is 1. The van der Waals surface area contributed by atoms with Gasteiger partial charge in [-0.2, -0.15) is 0 Å². The van der Waals surface area contributed by atoms with Crippen LogP contribution in [0.5, 0.6) is 0 Å². The molecule has 0 aromatic heterocycles. The lowest BCUT2D eigenvalue weighted by Crippen LogP contribution is -2.19. The van der Waals surface area contributed by atoms with Crippen LogP contribution in [0, 0.1) is 0 Å². The summed E-state index contributed by atoms with van der Waals surface area (Å²) >= 11 is 3.41. The lowest BCUT2D eigenvalue weighted by Gasteiger charge is -2.19. The minimum atomic E-state index is -0.657. The molecule has 0 fully saturated rings. The molecule has 0 spiro atoms. The van der Waals surface area contributed by atoms with Crippen molar-refractivity contribution in [1.82, 2.24) is 0 Å². The zero-order valence-corrected chi connectivity index (χ0v) is 12.4. The van der Waals surface area contributed by atoms with Gasteiger partial charge < -0.3 is 10.4 Å². The number of aryl methyl sites for hydroxylation is 1. The number of aliphatic hydroxyl groups is 1. The van der Waals surface area contributed by atoms with Crippen molar-refractivity contribution in [3.05, 3.63) is 63.6 Å². The van der Waals surface area contributed by atoms with Crippen molar-refractivity contribution in [1.29, 1.82) is 0 Å². The van der Waals surface area contributed by atoms with E-state index in [4.69, 9.17) is 0 Å². The molecule has 2 aromatic rings. The number of hydrogen-bond donors (Lipinski definition) is 2. The average Bonchev–Trinajstić information content (AvgIpc) is 2.46.